The van der Waals surface area contributed by atoms with Crippen molar-refractivity contribution in [2.45, 2.75) is 59.2 Å². The van der Waals surface area contributed by atoms with E-state index in [1.165, 1.54) is 0 Å². The topological polar surface area (TPSA) is 47.3 Å². The van der Waals surface area contributed by atoms with Gasteiger partial charge in [-0.05, 0) is 26.7 Å². The van der Waals surface area contributed by atoms with Crippen LogP contribution >= 0.6 is 0 Å². The van der Waals surface area contributed by atoms with Gasteiger partial charge in [0.25, 0.3) is 0 Å². The molecule has 0 amide bonds. The normalized spacial score (nSPS) is 25.9. The van der Waals surface area contributed by atoms with Crippen LogP contribution in [-0.4, -0.2) is 27.1 Å². The summed E-state index contributed by atoms with van der Waals surface area (Å²) in [4.78, 5) is 0. The van der Waals surface area contributed by atoms with Crippen molar-refractivity contribution in [1.29, 1.82) is 0 Å². The van der Waals surface area contributed by atoms with E-state index in [0.29, 0.717) is 0 Å². The Labute approximate surface area is 109 Å². The van der Waals surface area contributed by atoms with Gasteiger partial charge in [-0.3, -0.25) is 4.68 Å². The number of aromatic nitrogens is 2. The maximum atomic E-state index is 10.0. The molecule has 1 N–H and O–H groups in total. The summed E-state index contributed by atoms with van der Waals surface area (Å²) in [6, 6.07) is 0. The van der Waals surface area contributed by atoms with Crippen molar-refractivity contribution in [3.8, 4) is 5.75 Å². The average Bonchev–Trinajstić information content (AvgIpc) is 2.56. The largest absolute Gasteiger partial charge is 0.486 e. The zero-order valence-corrected chi connectivity index (χ0v) is 12.0. The highest BCUT2D eigenvalue weighted by Gasteiger charge is 2.54. The minimum absolute atomic E-state index is 0.0747. The van der Waals surface area contributed by atoms with Gasteiger partial charge in [-0.2, -0.15) is 5.10 Å². The molecule has 1 heterocycles. The SMILES string of the molecule is CCC1(CC)C(O)CC1Oc1c(C)nn(C)c1C. The molecule has 4 heteroatoms. The molecule has 4 nitrogen and oxygen atoms in total. The first-order valence-corrected chi connectivity index (χ1v) is 6.81. The van der Waals surface area contributed by atoms with Gasteiger partial charge in [-0.15, -0.1) is 0 Å². The zero-order chi connectivity index (χ0) is 13.5. The van der Waals surface area contributed by atoms with Gasteiger partial charge in [-0.25, -0.2) is 0 Å². The molecule has 1 aromatic rings. The summed E-state index contributed by atoms with van der Waals surface area (Å²) in [6.45, 7) is 8.25. The minimum atomic E-state index is -0.227. The second kappa shape index (κ2) is 4.57. The molecule has 1 aliphatic carbocycles. The third-order valence-electron chi connectivity index (χ3n) is 4.76. The van der Waals surface area contributed by atoms with Crippen molar-refractivity contribution in [3.63, 3.8) is 0 Å². The van der Waals surface area contributed by atoms with E-state index < -0.39 is 0 Å². The molecular weight excluding hydrogens is 228 g/mol. The van der Waals surface area contributed by atoms with Crippen molar-refractivity contribution in [2.75, 3.05) is 0 Å². The Kier molecular flexibility index (Phi) is 3.41. The Bertz CT molecular complexity index is 435. The number of aliphatic hydroxyl groups excluding tert-OH is 1. The van der Waals surface area contributed by atoms with Gasteiger partial charge in [0.2, 0.25) is 0 Å². The number of nitrogens with zero attached hydrogens (tertiary/aromatic N) is 2. The average molecular weight is 252 g/mol. The molecular formula is C14H24N2O2. The fourth-order valence-corrected chi connectivity index (χ4v) is 3.14. The second-order valence-corrected chi connectivity index (χ2v) is 5.42. The number of aryl methyl sites for hydroxylation is 2. The molecule has 1 fully saturated rings. The molecule has 1 saturated carbocycles. The van der Waals surface area contributed by atoms with Crippen molar-refractivity contribution < 1.29 is 9.84 Å². The highest BCUT2D eigenvalue weighted by atomic mass is 16.5. The van der Waals surface area contributed by atoms with Gasteiger partial charge < -0.3 is 9.84 Å². The molecule has 0 aromatic carbocycles. The summed E-state index contributed by atoms with van der Waals surface area (Å²) in [7, 11) is 1.93. The van der Waals surface area contributed by atoms with Crippen LogP contribution in [0.25, 0.3) is 0 Å². The summed E-state index contributed by atoms with van der Waals surface area (Å²) < 4.78 is 8.00. The van der Waals surface area contributed by atoms with Crippen molar-refractivity contribution >= 4 is 0 Å². The second-order valence-electron chi connectivity index (χ2n) is 5.42. The van der Waals surface area contributed by atoms with E-state index in [0.717, 1.165) is 36.4 Å². The summed E-state index contributed by atoms with van der Waals surface area (Å²) in [5.41, 5.74) is 1.90. The van der Waals surface area contributed by atoms with Crippen molar-refractivity contribution in [2.24, 2.45) is 12.5 Å². The van der Waals surface area contributed by atoms with E-state index in [4.69, 9.17) is 4.74 Å². The Balaban J connectivity index is 2.20. The van der Waals surface area contributed by atoms with Gasteiger partial charge >= 0.3 is 0 Å². The highest BCUT2D eigenvalue weighted by molar-refractivity contribution is 5.32. The lowest BCUT2D eigenvalue weighted by Crippen LogP contribution is -2.59. The summed E-state index contributed by atoms with van der Waals surface area (Å²) in [5.74, 6) is 0.890. The fourth-order valence-electron chi connectivity index (χ4n) is 3.14. The summed E-state index contributed by atoms with van der Waals surface area (Å²) in [6.07, 6.45) is 2.52. The summed E-state index contributed by atoms with van der Waals surface area (Å²) in [5, 5.41) is 14.4. The lowest BCUT2D eigenvalue weighted by molar-refractivity contribution is -0.160. The van der Waals surface area contributed by atoms with Crippen LogP contribution in [0.1, 0.15) is 44.5 Å². The van der Waals surface area contributed by atoms with Crippen LogP contribution in [0, 0.1) is 19.3 Å². The van der Waals surface area contributed by atoms with Gasteiger partial charge in [0, 0.05) is 18.9 Å². The maximum absolute atomic E-state index is 10.0. The third kappa shape index (κ3) is 1.74. The van der Waals surface area contributed by atoms with Crippen LogP contribution in [0.5, 0.6) is 5.75 Å². The molecule has 2 unspecified atom stereocenters. The third-order valence-corrected chi connectivity index (χ3v) is 4.76. The number of rotatable bonds is 4. The number of ether oxygens (including phenoxy) is 1. The van der Waals surface area contributed by atoms with Crippen molar-refractivity contribution in [3.05, 3.63) is 11.4 Å². The van der Waals surface area contributed by atoms with Crippen LogP contribution in [0.4, 0.5) is 0 Å². The molecule has 2 rings (SSSR count). The van der Waals surface area contributed by atoms with Crippen LogP contribution in [0.15, 0.2) is 0 Å². The van der Waals surface area contributed by atoms with Crippen LogP contribution in [0.2, 0.25) is 0 Å². The molecule has 0 aliphatic heterocycles. The number of aliphatic hydroxyl groups is 1. The lowest BCUT2D eigenvalue weighted by atomic mass is 9.60. The molecule has 1 aromatic heterocycles. The quantitative estimate of drug-likeness (QED) is 0.895. The molecule has 0 spiro atoms. The van der Waals surface area contributed by atoms with Crippen LogP contribution in [-0.2, 0) is 7.05 Å². The van der Waals surface area contributed by atoms with Gasteiger partial charge in [0.05, 0.1) is 11.8 Å². The predicted molar refractivity (Wildman–Crippen MR) is 70.7 cm³/mol. The van der Waals surface area contributed by atoms with E-state index in [9.17, 15) is 5.11 Å². The molecule has 18 heavy (non-hydrogen) atoms. The monoisotopic (exact) mass is 252 g/mol. The van der Waals surface area contributed by atoms with Gasteiger partial charge in [0.15, 0.2) is 5.75 Å². The van der Waals surface area contributed by atoms with Crippen LogP contribution < -0.4 is 4.74 Å². The van der Waals surface area contributed by atoms with E-state index in [1.54, 1.807) is 0 Å². The number of hydrogen-bond donors (Lipinski definition) is 1. The van der Waals surface area contributed by atoms with Crippen molar-refractivity contribution in [1.82, 2.24) is 9.78 Å². The molecule has 1 aliphatic rings. The van der Waals surface area contributed by atoms with E-state index in [-0.39, 0.29) is 17.6 Å². The molecule has 0 saturated heterocycles. The first kappa shape index (κ1) is 13.4. The Morgan fingerprint density at radius 2 is 2.00 bits per heavy atom. The zero-order valence-electron chi connectivity index (χ0n) is 12.0. The van der Waals surface area contributed by atoms with Gasteiger partial charge in [-0.1, -0.05) is 13.8 Å². The molecule has 102 valence electrons. The lowest BCUT2D eigenvalue weighted by Gasteiger charge is -2.52. The van der Waals surface area contributed by atoms with Gasteiger partial charge in [0.1, 0.15) is 11.8 Å². The molecule has 0 radical (unpaired) electrons. The first-order chi connectivity index (χ1) is 8.46. The Morgan fingerprint density at radius 1 is 1.39 bits per heavy atom. The first-order valence-electron chi connectivity index (χ1n) is 6.81. The van der Waals surface area contributed by atoms with E-state index in [1.807, 2.05) is 25.6 Å². The standard InChI is InChI=1S/C14H24N2O2/c1-6-14(7-2)11(17)8-12(14)18-13-9(3)15-16(5)10(13)4/h11-12,17H,6-8H2,1-5H3. The highest BCUT2D eigenvalue weighted by Crippen LogP contribution is 2.49. The maximum Gasteiger partial charge on any atom is 0.163 e. The van der Waals surface area contributed by atoms with E-state index >= 15 is 0 Å². The van der Waals surface area contributed by atoms with Crippen LogP contribution in [0.3, 0.4) is 0 Å². The molecule has 0 bridgehead atoms. The molecule has 2 atom stereocenters. The fraction of sp³-hybridized carbons (Fsp3) is 0.786. The smallest absolute Gasteiger partial charge is 0.163 e. The Hall–Kier alpha value is -1.03. The van der Waals surface area contributed by atoms with E-state index in [2.05, 4.69) is 18.9 Å². The number of hydrogen-bond acceptors (Lipinski definition) is 3. The predicted octanol–water partition coefficient (Wildman–Crippen LogP) is 2.36. The minimum Gasteiger partial charge on any atom is -0.486 e. The summed E-state index contributed by atoms with van der Waals surface area (Å²) >= 11 is 0. The Morgan fingerprint density at radius 3 is 2.39 bits per heavy atom.